The summed E-state index contributed by atoms with van der Waals surface area (Å²) >= 11 is 0. The summed E-state index contributed by atoms with van der Waals surface area (Å²) in [4.78, 5) is 41.0. The van der Waals surface area contributed by atoms with Gasteiger partial charge >= 0.3 is 6.09 Å². The summed E-state index contributed by atoms with van der Waals surface area (Å²) in [5.74, 6) is -0.839. The van der Waals surface area contributed by atoms with Crippen molar-refractivity contribution in [3.63, 3.8) is 0 Å². The van der Waals surface area contributed by atoms with Crippen LogP contribution in [0.3, 0.4) is 0 Å². The zero-order valence-corrected chi connectivity index (χ0v) is 19.1. The maximum atomic E-state index is 13.8. The highest BCUT2D eigenvalue weighted by Gasteiger charge is 2.41. The third-order valence-corrected chi connectivity index (χ3v) is 6.29. The fourth-order valence-electron chi connectivity index (χ4n) is 4.62. The number of nitrogens with zero attached hydrogens (tertiary/aromatic N) is 3. The SMILES string of the molecule is CC(=O)N1c2cc(C#N)ccc2N(Cc2c(C)ccc3ccccc23)C(=O)[C@@H](NC(=O)O)[C@@H]1C. The fraction of sp³-hybridized carbons (Fsp3) is 0.231. The molecule has 3 aromatic carbocycles. The number of benzene rings is 3. The van der Waals surface area contributed by atoms with Crippen molar-refractivity contribution in [3.8, 4) is 6.07 Å². The Bertz CT molecular complexity index is 1360. The first kappa shape index (κ1) is 22.8. The highest BCUT2D eigenvalue weighted by atomic mass is 16.4. The van der Waals surface area contributed by atoms with Gasteiger partial charge in [-0.15, -0.1) is 0 Å². The summed E-state index contributed by atoms with van der Waals surface area (Å²) < 4.78 is 0. The third-order valence-electron chi connectivity index (χ3n) is 6.29. The van der Waals surface area contributed by atoms with E-state index in [-0.39, 0.29) is 12.5 Å². The Morgan fingerprint density at radius 1 is 1.12 bits per heavy atom. The minimum Gasteiger partial charge on any atom is -0.465 e. The maximum Gasteiger partial charge on any atom is 0.405 e. The number of carbonyl (C=O) groups excluding carboxylic acids is 2. The lowest BCUT2D eigenvalue weighted by Gasteiger charge is -2.30. The zero-order chi connectivity index (χ0) is 24.6. The van der Waals surface area contributed by atoms with Gasteiger partial charge in [0.1, 0.15) is 6.04 Å². The highest BCUT2D eigenvalue weighted by Crippen LogP contribution is 2.38. The van der Waals surface area contributed by atoms with Gasteiger partial charge in [0, 0.05) is 6.92 Å². The van der Waals surface area contributed by atoms with Gasteiger partial charge in [0.15, 0.2) is 0 Å². The number of nitrogens with one attached hydrogen (secondary N) is 1. The summed E-state index contributed by atoms with van der Waals surface area (Å²) in [5.41, 5.74) is 3.05. The van der Waals surface area contributed by atoms with Crippen molar-refractivity contribution in [2.45, 2.75) is 39.4 Å². The van der Waals surface area contributed by atoms with Crippen LogP contribution in [0.15, 0.2) is 54.6 Å². The Morgan fingerprint density at radius 2 is 1.85 bits per heavy atom. The molecule has 1 heterocycles. The van der Waals surface area contributed by atoms with E-state index < -0.39 is 24.1 Å². The molecule has 0 spiro atoms. The molecule has 4 rings (SSSR count). The lowest BCUT2D eigenvalue weighted by atomic mass is 9.98. The van der Waals surface area contributed by atoms with Gasteiger partial charge in [-0.3, -0.25) is 9.59 Å². The number of aryl methyl sites for hydroxylation is 1. The van der Waals surface area contributed by atoms with E-state index in [0.717, 1.165) is 21.9 Å². The van der Waals surface area contributed by atoms with Crippen LogP contribution in [-0.4, -0.2) is 35.1 Å². The minimum absolute atomic E-state index is 0.168. The van der Waals surface area contributed by atoms with Gasteiger partial charge in [-0.2, -0.15) is 5.26 Å². The monoisotopic (exact) mass is 456 g/mol. The van der Waals surface area contributed by atoms with Gasteiger partial charge in [-0.25, -0.2) is 4.79 Å². The number of hydrogen-bond donors (Lipinski definition) is 2. The van der Waals surface area contributed by atoms with Crippen LogP contribution in [0.4, 0.5) is 16.2 Å². The predicted octanol–water partition coefficient (Wildman–Crippen LogP) is 3.94. The number of nitriles is 1. The van der Waals surface area contributed by atoms with Crippen LogP contribution in [0.5, 0.6) is 0 Å². The molecule has 3 amide bonds. The molecule has 0 radical (unpaired) electrons. The van der Waals surface area contributed by atoms with Gasteiger partial charge < -0.3 is 20.2 Å². The van der Waals surface area contributed by atoms with E-state index in [1.54, 1.807) is 25.1 Å². The van der Waals surface area contributed by atoms with E-state index in [9.17, 15) is 24.8 Å². The Kier molecular flexibility index (Phi) is 5.95. The Labute approximate surface area is 197 Å². The molecule has 3 aromatic rings. The average molecular weight is 457 g/mol. The molecule has 0 aliphatic carbocycles. The van der Waals surface area contributed by atoms with Gasteiger partial charge in [0.05, 0.1) is 35.6 Å². The second-order valence-corrected chi connectivity index (χ2v) is 8.38. The van der Waals surface area contributed by atoms with E-state index in [2.05, 4.69) is 11.4 Å². The van der Waals surface area contributed by atoms with Crippen LogP contribution in [-0.2, 0) is 16.1 Å². The molecule has 2 atom stereocenters. The first-order chi connectivity index (χ1) is 16.2. The first-order valence-electron chi connectivity index (χ1n) is 10.8. The standard InChI is InChI=1S/C26H24N4O4/c1-15-8-10-19-6-4-5-7-20(19)21(15)14-29-22-11-9-18(13-27)12-23(22)30(17(3)31)16(2)24(25(29)32)28-26(33)34/h4-12,16,24,28H,14H2,1-3H3,(H,33,34)/t16-,24-/m0/s1. The summed E-state index contributed by atoms with van der Waals surface area (Å²) in [7, 11) is 0. The van der Waals surface area contributed by atoms with Crippen molar-refractivity contribution in [1.82, 2.24) is 5.32 Å². The Balaban J connectivity index is 1.95. The predicted molar refractivity (Wildman–Crippen MR) is 129 cm³/mol. The number of carbonyl (C=O) groups is 3. The minimum atomic E-state index is -1.36. The van der Waals surface area contributed by atoms with Crippen LogP contribution >= 0.6 is 0 Å². The number of carboxylic acid groups (broad SMARTS) is 1. The molecule has 0 saturated heterocycles. The van der Waals surface area contributed by atoms with Crippen LogP contribution in [0.2, 0.25) is 0 Å². The largest absolute Gasteiger partial charge is 0.465 e. The lowest BCUT2D eigenvalue weighted by Crippen LogP contribution is -2.57. The highest BCUT2D eigenvalue weighted by molar-refractivity contribution is 6.08. The van der Waals surface area contributed by atoms with Crippen LogP contribution < -0.4 is 15.1 Å². The molecule has 0 unspecified atom stereocenters. The van der Waals surface area contributed by atoms with Gasteiger partial charge in [0.25, 0.3) is 5.91 Å². The molecule has 1 aliphatic rings. The fourth-order valence-corrected chi connectivity index (χ4v) is 4.62. The Hall–Kier alpha value is -4.38. The average Bonchev–Trinajstić information content (AvgIpc) is 2.88. The molecule has 34 heavy (non-hydrogen) atoms. The smallest absolute Gasteiger partial charge is 0.405 e. The van der Waals surface area contributed by atoms with E-state index >= 15 is 0 Å². The lowest BCUT2D eigenvalue weighted by molar-refractivity contribution is -0.121. The topological polar surface area (TPSA) is 114 Å². The van der Waals surface area contributed by atoms with Crippen LogP contribution in [0, 0.1) is 18.3 Å². The molecule has 0 aromatic heterocycles. The van der Waals surface area contributed by atoms with Gasteiger partial charge in [-0.1, -0.05) is 36.4 Å². The van der Waals surface area contributed by atoms with Crippen LogP contribution in [0.1, 0.15) is 30.5 Å². The molecule has 0 bridgehead atoms. The van der Waals surface area contributed by atoms with Crippen molar-refractivity contribution in [2.24, 2.45) is 0 Å². The van der Waals surface area contributed by atoms with Crippen molar-refractivity contribution in [3.05, 3.63) is 71.3 Å². The normalized spacial score (nSPS) is 17.6. The van der Waals surface area contributed by atoms with E-state index in [1.807, 2.05) is 43.3 Å². The van der Waals surface area contributed by atoms with E-state index in [4.69, 9.17) is 0 Å². The summed E-state index contributed by atoms with van der Waals surface area (Å²) in [6.45, 7) is 5.10. The third kappa shape index (κ3) is 3.92. The van der Waals surface area contributed by atoms with Crippen molar-refractivity contribution in [2.75, 3.05) is 9.80 Å². The van der Waals surface area contributed by atoms with Crippen molar-refractivity contribution in [1.29, 1.82) is 5.26 Å². The van der Waals surface area contributed by atoms with Crippen molar-refractivity contribution >= 4 is 40.1 Å². The van der Waals surface area contributed by atoms with Crippen LogP contribution in [0.25, 0.3) is 10.8 Å². The zero-order valence-electron chi connectivity index (χ0n) is 19.1. The molecule has 172 valence electrons. The molecule has 8 heteroatoms. The summed E-state index contributed by atoms with van der Waals surface area (Å²) in [6, 6.07) is 16.7. The maximum absolute atomic E-state index is 13.8. The molecular formula is C26H24N4O4. The molecule has 8 nitrogen and oxygen atoms in total. The molecule has 2 N–H and O–H groups in total. The second kappa shape index (κ2) is 8.87. The molecule has 0 fully saturated rings. The number of hydrogen-bond acceptors (Lipinski definition) is 4. The molecule has 1 aliphatic heterocycles. The first-order valence-corrected chi connectivity index (χ1v) is 10.8. The van der Waals surface area contributed by atoms with E-state index in [0.29, 0.717) is 16.9 Å². The van der Waals surface area contributed by atoms with Gasteiger partial charge in [0.2, 0.25) is 5.91 Å². The second-order valence-electron chi connectivity index (χ2n) is 8.38. The van der Waals surface area contributed by atoms with Crippen molar-refractivity contribution < 1.29 is 19.5 Å². The van der Waals surface area contributed by atoms with Gasteiger partial charge in [-0.05, 0) is 53.9 Å². The molecule has 0 saturated carbocycles. The quantitative estimate of drug-likeness (QED) is 0.620. The van der Waals surface area contributed by atoms with E-state index in [1.165, 1.54) is 16.7 Å². The number of fused-ring (bicyclic) bond motifs is 2. The number of amides is 3. The molecular weight excluding hydrogens is 432 g/mol. The summed E-state index contributed by atoms with van der Waals surface area (Å²) in [5, 5.41) is 23.2. The Morgan fingerprint density at radius 3 is 2.53 bits per heavy atom. The summed E-state index contributed by atoms with van der Waals surface area (Å²) in [6.07, 6.45) is -1.36. The number of rotatable bonds is 3. The number of anilines is 2.